The van der Waals surface area contributed by atoms with Gasteiger partial charge in [0.1, 0.15) is 0 Å². The largest absolute Gasteiger partial charge is 0.309 e. The topological polar surface area (TPSA) is 14.8 Å². The third-order valence-corrected chi connectivity index (χ3v) is 22.4. The zero-order valence-corrected chi connectivity index (χ0v) is 43.7. The minimum Gasteiger partial charge on any atom is -0.309 e. The summed E-state index contributed by atoms with van der Waals surface area (Å²) in [5, 5.41) is 15.5. The molecule has 0 aliphatic carbocycles. The van der Waals surface area contributed by atoms with Crippen molar-refractivity contribution in [3.63, 3.8) is 0 Å². The molecule has 0 spiro atoms. The minimum atomic E-state index is -2.79. The Balaban J connectivity index is 0.933. The lowest BCUT2D eigenvalue weighted by atomic mass is 9.97. The third kappa shape index (κ3) is 6.36. The van der Waals surface area contributed by atoms with Crippen LogP contribution in [-0.2, 0) is 0 Å². The van der Waals surface area contributed by atoms with E-state index in [-0.39, 0.29) is 0 Å². The summed E-state index contributed by atoms with van der Waals surface area (Å²) in [6.07, 6.45) is 0. The van der Waals surface area contributed by atoms with Crippen LogP contribution in [0.1, 0.15) is 0 Å². The Kier molecular flexibility index (Phi) is 9.83. The van der Waals surface area contributed by atoms with Crippen molar-refractivity contribution in [2.75, 3.05) is 0 Å². The Morgan fingerprint density at radius 1 is 0.273 bits per heavy atom. The van der Waals surface area contributed by atoms with E-state index >= 15 is 0 Å². The summed E-state index contributed by atoms with van der Waals surface area (Å²) in [7, 11) is -2.79. The van der Waals surface area contributed by atoms with Crippen LogP contribution in [0.25, 0.3) is 114 Å². The predicted molar refractivity (Wildman–Crippen MR) is 331 cm³/mol. The second kappa shape index (κ2) is 17.3. The number of fused-ring (bicyclic) bond motifs is 12. The fourth-order valence-electron chi connectivity index (χ4n) is 13.3. The SMILES string of the molecule is c1ccc(-n2c3ccccc3c3c(-n4c5ccccc5c5cccc(-c6cccc7sc8c(-n9c%10ccccc%10c%10cc([Si](c%11ccccc%11)(c%11ccccc%11)c%11ccccc%11)ccc%109)cccc8c67)c54)cccc32)cc1. The Morgan fingerprint density at radius 2 is 0.753 bits per heavy atom. The molecule has 0 saturated heterocycles. The van der Waals surface area contributed by atoms with Gasteiger partial charge in [0.05, 0.1) is 49.2 Å². The molecule has 12 aromatic carbocycles. The van der Waals surface area contributed by atoms with Crippen molar-refractivity contribution in [1.82, 2.24) is 13.7 Å². The number of rotatable bonds is 8. The Hall–Kier alpha value is -9.52. The Labute approximate surface area is 450 Å². The summed E-state index contributed by atoms with van der Waals surface area (Å²) < 4.78 is 10.1. The van der Waals surface area contributed by atoms with Crippen molar-refractivity contribution < 1.29 is 0 Å². The van der Waals surface area contributed by atoms with Crippen LogP contribution in [0.15, 0.2) is 285 Å². The number of thiophene rings is 1. The number of para-hydroxylation sites is 5. The maximum absolute atomic E-state index is 2.79. The lowest BCUT2D eigenvalue weighted by Crippen LogP contribution is -2.74. The van der Waals surface area contributed by atoms with Gasteiger partial charge in [-0.25, -0.2) is 0 Å². The van der Waals surface area contributed by atoms with Crippen molar-refractivity contribution in [2.45, 2.75) is 0 Å². The fourth-order valence-corrected chi connectivity index (χ4v) is 19.3. The highest BCUT2D eigenvalue weighted by atomic mass is 32.1. The first kappa shape index (κ1) is 43.8. The monoisotopic (exact) mass is 1010 g/mol. The molecule has 0 amide bonds. The molecule has 0 fully saturated rings. The predicted octanol–water partition coefficient (Wildman–Crippen LogP) is 16.4. The molecule has 77 heavy (non-hydrogen) atoms. The normalized spacial score (nSPS) is 12.2. The average molecular weight is 1010 g/mol. The van der Waals surface area contributed by atoms with Gasteiger partial charge in [0, 0.05) is 59.0 Å². The Bertz CT molecular complexity index is 4870. The van der Waals surface area contributed by atoms with Crippen LogP contribution in [0.3, 0.4) is 0 Å². The van der Waals surface area contributed by atoms with Crippen LogP contribution in [0.4, 0.5) is 0 Å². The second-order valence-electron chi connectivity index (χ2n) is 20.3. The summed E-state index contributed by atoms with van der Waals surface area (Å²) in [5.74, 6) is 0. The van der Waals surface area contributed by atoms with Gasteiger partial charge in [-0.1, -0.05) is 224 Å². The fraction of sp³-hybridized carbons (Fsp3) is 0. The maximum Gasteiger partial charge on any atom is 0.179 e. The zero-order valence-electron chi connectivity index (χ0n) is 41.9. The summed E-state index contributed by atoms with van der Waals surface area (Å²) in [4.78, 5) is 0. The molecule has 0 atom stereocenters. The van der Waals surface area contributed by atoms with E-state index in [1.807, 2.05) is 11.3 Å². The van der Waals surface area contributed by atoms with Gasteiger partial charge < -0.3 is 13.7 Å². The van der Waals surface area contributed by atoms with E-state index in [1.54, 1.807) is 0 Å². The van der Waals surface area contributed by atoms with E-state index in [2.05, 4.69) is 299 Å². The van der Waals surface area contributed by atoms with E-state index in [9.17, 15) is 0 Å². The van der Waals surface area contributed by atoms with Crippen molar-refractivity contribution in [3.8, 4) is 28.2 Å². The number of benzene rings is 12. The van der Waals surface area contributed by atoms with Crippen molar-refractivity contribution in [1.29, 1.82) is 0 Å². The van der Waals surface area contributed by atoms with Crippen LogP contribution in [0.5, 0.6) is 0 Å². The standard InChI is InChI=1S/C72H47N3SSi/c1-5-23-48(24-6-1)73-63-40-18-15-33-58(63)70-65(73)41-22-42-66(70)75-62-39-17-13-31-53(62)56-35-19-36-57(71(56)75)55-34-21-44-68-69(55)59-37-20-43-67(72(59)76-68)74-61-38-16-14-32-54(61)60-47-52(45-46-64(60)74)77(49-25-7-2-8-26-49,50-27-9-3-10-28-50)51-29-11-4-12-30-51/h1-47H. The second-order valence-corrected chi connectivity index (χ2v) is 25.1. The van der Waals surface area contributed by atoms with Gasteiger partial charge in [-0.15, -0.1) is 11.3 Å². The van der Waals surface area contributed by atoms with Crippen molar-refractivity contribution >= 4 is 126 Å². The number of aromatic nitrogens is 3. The van der Waals surface area contributed by atoms with Crippen LogP contribution in [0.2, 0.25) is 0 Å². The average Bonchev–Trinajstić information content (AvgIpc) is 4.48. The van der Waals surface area contributed by atoms with Gasteiger partial charge in [-0.05, 0) is 87.0 Å². The maximum atomic E-state index is 2.56. The number of hydrogen-bond donors (Lipinski definition) is 0. The smallest absolute Gasteiger partial charge is 0.179 e. The summed E-state index contributed by atoms with van der Waals surface area (Å²) in [6, 6.07) is 106. The molecule has 4 aromatic heterocycles. The lowest BCUT2D eigenvalue weighted by molar-refractivity contribution is 1.17. The molecule has 0 N–H and O–H groups in total. The number of hydrogen-bond acceptors (Lipinski definition) is 1. The minimum absolute atomic E-state index is 1.15. The first-order valence-corrected chi connectivity index (χ1v) is 29.3. The summed E-state index contributed by atoms with van der Waals surface area (Å²) >= 11 is 1.90. The zero-order chi connectivity index (χ0) is 50.6. The van der Waals surface area contributed by atoms with Gasteiger partial charge in [0.2, 0.25) is 0 Å². The van der Waals surface area contributed by atoms with Crippen LogP contribution in [-0.4, -0.2) is 21.8 Å². The third-order valence-electron chi connectivity index (χ3n) is 16.4. The van der Waals surface area contributed by atoms with Crippen LogP contribution in [0, 0.1) is 0 Å². The van der Waals surface area contributed by atoms with Gasteiger partial charge >= 0.3 is 0 Å². The van der Waals surface area contributed by atoms with Crippen molar-refractivity contribution in [2.24, 2.45) is 0 Å². The Morgan fingerprint density at radius 3 is 1.44 bits per heavy atom. The molecule has 3 nitrogen and oxygen atoms in total. The van der Waals surface area contributed by atoms with Crippen molar-refractivity contribution in [3.05, 3.63) is 285 Å². The van der Waals surface area contributed by atoms with Crippen LogP contribution >= 0.6 is 11.3 Å². The molecule has 16 rings (SSSR count). The van der Waals surface area contributed by atoms with Gasteiger partial charge in [-0.2, -0.15) is 0 Å². The van der Waals surface area contributed by atoms with E-state index < -0.39 is 8.07 Å². The highest BCUT2D eigenvalue weighted by molar-refractivity contribution is 7.26. The number of nitrogens with zero attached hydrogens (tertiary/aromatic N) is 3. The molecule has 5 heteroatoms. The quantitative estimate of drug-likeness (QED) is 0.106. The highest BCUT2D eigenvalue weighted by Gasteiger charge is 2.41. The molecule has 0 unspecified atom stereocenters. The molecule has 4 heterocycles. The summed E-state index contributed by atoms with van der Waals surface area (Å²) in [5.41, 5.74) is 13.1. The van der Waals surface area contributed by atoms with Gasteiger partial charge in [0.15, 0.2) is 8.07 Å². The molecular formula is C72H47N3SSi. The first-order valence-electron chi connectivity index (χ1n) is 26.5. The van der Waals surface area contributed by atoms with E-state index in [4.69, 9.17) is 0 Å². The molecule has 360 valence electrons. The molecule has 0 saturated carbocycles. The molecular weight excluding hydrogens is 967 g/mol. The summed E-state index contributed by atoms with van der Waals surface area (Å²) in [6.45, 7) is 0. The van der Waals surface area contributed by atoms with E-state index in [0.717, 1.165) is 5.69 Å². The molecule has 0 radical (unpaired) electrons. The molecule has 0 bridgehead atoms. The first-order chi connectivity index (χ1) is 38.3. The molecule has 0 aliphatic rings. The van der Waals surface area contributed by atoms with E-state index in [1.165, 1.54) is 129 Å². The molecule has 0 aliphatic heterocycles. The van der Waals surface area contributed by atoms with Crippen LogP contribution < -0.4 is 20.7 Å². The van der Waals surface area contributed by atoms with Gasteiger partial charge in [0.25, 0.3) is 0 Å². The highest BCUT2D eigenvalue weighted by Crippen LogP contribution is 2.48. The molecule has 16 aromatic rings. The lowest BCUT2D eigenvalue weighted by Gasteiger charge is -2.34. The van der Waals surface area contributed by atoms with E-state index in [0.29, 0.717) is 0 Å². The van der Waals surface area contributed by atoms with Gasteiger partial charge in [-0.3, -0.25) is 0 Å².